The molecular weight excluding hydrogens is 1890 g/mol. The fraction of sp³-hybridized carbons (Fsp3) is 0. The Labute approximate surface area is 877 Å². The molecule has 149 heavy (non-hydrogen) atoms. The van der Waals surface area contributed by atoms with Gasteiger partial charge in [0.2, 0.25) is 0 Å². The third kappa shape index (κ3) is 16.2. The lowest BCUT2D eigenvalue weighted by Crippen LogP contribution is -2.16. The van der Waals surface area contributed by atoms with Gasteiger partial charge in [0.1, 0.15) is 0 Å². The maximum Gasteiger partial charge on any atom is 0.153 e. The number of fused-ring (bicyclic) bond motifs is 19. The number of nitrogens with zero attached hydrogens (tertiary/aromatic N) is 6. The molecule has 0 radical (unpaired) electrons. The molecule has 0 spiro atoms. The molecule has 3 aliphatic heterocycles. The predicted molar refractivity (Wildman–Crippen MR) is 633 cm³/mol. The van der Waals surface area contributed by atoms with Crippen LogP contribution >= 0.6 is 45.3 Å². The largest absolute Gasteiger partial charge is 0.453 e. The summed E-state index contributed by atoms with van der Waals surface area (Å²) in [5.74, 6) is 4.94. The predicted octanol–water partition coefficient (Wildman–Crippen LogP) is 41.8. The molecule has 23 aromatic carbocycles. The van der Waals surface area contributed by atoms with Crippen molar-refractivity contribution in [3.05, 3.63) is 534 Å². The molecule has 30 rings (SSSR count). The minimum atomic E-state index is 0.809. The zero-order chi connectivity index (χ0) is 98.4. The van der Waals surface area contributed by atoms with Crippen molar-refractivity contribution in [3.8, 4) is 67.9 Å². The second-order valence-corrected chi connectivity index (χ2v) is 41.7. The molecule has 7 heterocycles. The third-order valence-corrected chi connectivity index (χ3v) is 33.1. The molecule has 3 aliphatic rings. The minimum Gasteiger partial charge on any atom is -0.453 e. The lowest BCUT2D eigenvalue weighted by atomic mass is 9.98. The number of thiophene rings is 4. The highest BCUT2D eigenvalue weighted by Gasteiger charge is 2.33. The van der Waals surface area contributed by atoms with E-state index in [9.17, 15) is 0 Å². The van der Waals surface area contributed by atoms with Gasteiger partial charge in [-0.3, -0.25) is 0 Å². The summed E-state index contributed by atoms with van der Waals surface area (Å²) in [5.41, 5.74) is 26.2. The zero-order valence-electron chi connectivity index (χ0n) is 80.3. The highest BCUT2D eigenvalue weighted by molar-refractivity contribution is 7.27. The summed E-state index contributed by atoms with van der Waals surface area (Å²) < 4.78 is 30.4. The van der Waals surface area contributed by atoms with E-state index in [1.54, 1.807) is 0 Å². The van der Waals surface area contributed by atoms with Gasteiger partial charge in [0, 0.05) is 167 Å². The van der Waals surface area contributed by atoms with Crippen molar-refractivity contribution < 1.29 is 14.2 Å². The molecule has 0 saturated heterocycles. The Bertz CT molecular complexity index is 9820. The van der Waals surface area contributed by atoms with Crippen molar-refractivity contribution in [1.29, 1.82) is 0 Å². The van der Waals surface area contributed by atoms with Crippen molar-refractivity contribution in [2.45, 2.75) is 0 Å². The Balaban J connectivity index is 0.000000108. The lowest BCUT2D eigenvalue weighted by molar-refractivity contribution is 0.477. The number of para-hydroxylation sites is 9. The fourth-order valence-corrected chi connectivity index (χ4v) is 26.0. The quantitative estimate of drug-likeness (QED) is 0.0999. The van der Waals surface area contributed by atoms with Crippen LogP contribution in [0.2, 0.25) is 0 Å². The number of hydrogen-bond donors (Lipinski definition) is 0. The van der Waals surface area contributed by atoms with Crippen molar-refractivity contribution in [2.75, 3.05) is 29.4 Å². The summed E-state index contributed by atoms with van der Waals surface area (Å²) in [5, 5.41) is 12.8. The summed E-state index contributed by atoms with van der Waals surface area (Å²) in [7, 11) is 0. The maximum atomic E-state index is 6.68. The first kappa shape index (κ1) is 88.1. The van der Waals surface area contributed by atoms with Crippen LogP contribution in [-0.4, -0.2) is 0 Å². The van der Waals surface area contributed by atoms with Gasteiger partial charge in [0.05, 0.1) is 34.1 Å². The van der Waals surface area contributed by atoms with E-state index in [1.165, 1.54) is 125 Å². The second-order valence-electron chi connectivity index (χ2n) is 37.4. The van der Waals surface area contributed by atoms with Gasteiger partial charge in [-0.1, -0.05) is 303 Å². The van der Waals surface area contributed by atoms with E-state index < -0.39 is 0 Å². The summed E-state index contributed by atoms with van der Waals surface area (Å²) in [6.07, 6.45) is 0. The Morgan fingerprint density at radius 3 is 0.812 bits per heavy atom. The summed E-state index contributed by atoms with van der Waals surface area (Å²) in [6.45, 7) is 0. The topological polar surface area (TPSA) is 47.1 Å². The molecular formula is C136H88N6O3S4. The normalized spacial score (nSPS) is 12.1. The van der Waals surface area contributed by atoms with E-state index in [0.29, 0.717) is 0 Å². The van der Waals surface area contributed by atoms with Crippen LogP contribution in [0, 0.1) is 0 Å². The fourth-order valence-electron chi connectivity index (χ4n) is 21.5. The van der Waals surface area contributed by atoms with Gasteiger partial charge >= 0.3 is 0 Å². The Morgan fingerprint density at radius 2 is 0.409 bits per heavy atom. The highest BCUT2D eigenvalue weighted by Crippen LogP contribution is 2.59. The molecule has 0 fully saturated rings. The third-order valence-electron chi connectivity index (χ3n) is 28.5. The average molecular weight is 1980 g/mol. The smallest absolute Gasteiger partial charge is 0.153 e. The monoisotopic (exact) mass is 1980 g/mol. The molecule has 4 aromatic heterocycles. The van der Waals surface area contributed by atoms with Crippen LogP contribution < -0.4 is 43.6 Å². The van der Waals surface area contributed by atoms with Crippen LogP contribution in [0.15, 0.2) is 534 Å². The van der Waals surface area contributed by atoms with E-state index in [0.717, 1.165) is 137 Å². The maximum absolute atomic E-state index is 6.68. The first-order valence-electron chi connectivity index (χ1n) is 50.0. The first-order valence-corrected chi connectivity index (χ1v) is 53.3. The molecule has 0 unspecified atom stereocenters. The van der Waals surface area contributed by atoms with Crippen LogP contribution in [0.3, 0.4) is 0 Å². The molecule has 0 aliphatic carbocycles. The molecule has 0 bridgehead atoms. The van der Waals surface area contributed by atoms with E-state index in [1.807, 2.05) is 63.5 Å². The molecule has 0 atom stereocenters. The van der Waals surface area contributed by atoms with Crippen LogP contribution in [0.4, 0.5) is 102 Å². The van der Waals surface area contributed by atoms with Crippen LogP contribution in [0.25, 0.3) is 125 Å². The summed E-state index contributed by atoms with van der Waals surface area (Å²) in [4.78, 5) is 13.9. The van der Waals surface area contributed by atoms with Gasteiger partial charge < -0.3 is 43.6 Å². The Kier molecular flexibility index (Phi) is 22.2. The van der Waals surface area contributed by atoms with Gasteiger partial charge in [-0.2, -0.15) is 0 Å². The van der Waals surface area contributed by atoms with Gasteiger partial charge in [0.25, 0.3) is 0 Å². The molecule has 0 N–H and O–H groups in total. The number of hydrogen-bond acceptors (Lipinski definition) is 13. The van der Waals surface area contributed by atoms with Crippen molar-refractivity contribution >= 4 is 239 Å². The van der Waals surface area contributed by atoms with Gasteiger partial charge in [-0.25, -0.2) is 0 Å². The van der Waals surface area contributed by atoms with E-state index in [4.69, 9.17) is 14.2 Å². The van der Waals surface area contributed by atoms with Crippen molar-refractivity contribution in [2.24, 2.45) is 0 Å². The summed E-state index contributed by atoms with van der Waals surface area (Å²) in [6, 6.07) is 190. The zero-order valence-corrected chi connectivity index (χ0v) is 83.6. The van der Waals surface area contributed by atoms with E-state index >= 15 is 0 Å². The van der Waals surface area contributed by atoms with E-state index in [-0.39, 0.29) is 0 Å². The number of anilines is 18. The number of benzene rings is 23. The van der Waals surface area contributed by atoms with Crippen molar-refractivity contribution in [1.82, 2.24) is 0 Å². The second kappa shape index (κ2) is 37.5. The van der Waals surface area contributed by atoms with E-state index in [2.05, 4.69) is 545 Å². The Hall–Kier alpha value is -18.6. The SMILES string of the molecule is c1ccc(-c2ccc(-c3ccc(N(c4ccccc4)c4ccc5c(c4)Oc4ccccc4N5c4ccc5c(c4)sc4ccccc45)cc3)cc2)cc1.c1ccc(N(c2ccc(-c3cccc4ccccc34)cc2)c2ccc3c(c2)Oc2ccccc2N3c2ccc3c(c2)sc2ccccc23)cc1.c1ccc(N(c2ccc3c(c2)Oc2ccccc2N3c2ccc3c(c2)sc2ccccc23)c2ccc3sc4ccccc4c3c2)cc1. The highest BCUT2D eigenvalue weighted by atomic mass is 32.1. The molecule has 704 valence electrons. The first-order chi connectivity index (χ1) is 73.8. The standard InChI is InChI=1S/C48H32N2OS.C46H30N2OS.C42H26N2OS2/c1-3-11-33(12-4-1)34-19-21-35(22-20-34)36-23-25-38(26-24-36)49(37-13-5-2-6-14-37)39-28-30-44-46(31-39)51-45-17-9-8-16-43(45)50(44)40-27-29-42-41-15-7-10-18-47(41)52-48(42)32-40;1-2-13-33(14-3-1)47(34-23-21-32(22-24-34)38-17-10-12-31-11-4-5-15-37(31)38)35-26-28-42-44(29-35)49-43-19-8-7-18-41(43)48(42)36-25-27-40-39-16-6-9-20-45(39)50-46(40)30-36;1-2-10-27(11-3-1)43(28-20-23-41-34(24-28)32-13-5-9-17-40(32)46-41)29-19-22-36-38(25-29)45-37-15-7-6-14-35(37)44(36)30-18-21-33-31-12-4-8-16-39(31)47-42(33)26-30/h1-32H;1-30H;1-26H. The molecule has 0 saturated carbocycles. The van der Waals surface area contributed by atoms with Crippen molar-refractivity contribution in [3.63, 3.8) is 0 Å². The number of rotatable bonds is 15. The number of ether oxygens (including phenoxy) is 3. The van der Waals surface area contributed by atoms with Crippen LogP contribution in [0.1, 0.15) is 0 Å². The Morgan fingerprint density at radius 1 is 0.148 bits per heavy atom. The van der Waals surface area contributed by atoms with Gasteiger partial charge in [-0.05, 0) is 256 Å². The molecule has 13 heteroatoms. The van der Waals surface area contributed by atoms with Gasteiger partial charge in [-0.15, -0.1) is 45.3 Å². The lowest BCUT2D eigenvalue weighted by Gasteiger charge is -2.34. The van der Waals surface area contributed by atoms with Gasteiger partial charge in [0.15, 0.2) is 34.5 Å². The molecule has 9 nitrogen and oxygen atoms in total. The summed E-state index contributed by atoms with van der Waals surface area (Å²) >= 11 is 7.36. The van der Waals surface area contributed by atoms with Crippen LogP contribution in [-0.2, 0) is 0 Å². The van der Waals surface area contributed by atoms with Crippen LogP contribution in [0.5, 0.6) is 34.5 Å². The minimum absolute atomic E-state index is 0.809. The molecule has 27 aromatic rings. The average Bonchev–Trinajstić information content (AvgIpc) is 1.74. The molecule has 0 amide bonds.